The molecule has 0 unspecified atom stereocenters. The molecule has 6 nitrogen and oxygen atoms in total. The third kappa shape index (κ3) is 6.13. The highest BCUT2D eigenvalue weighted by Gasteiger charge is 2.13. The van der Waals surface area contributed by atoms with Crippen LogP contribution in [0.3, 0.4) is 0 Å². The van der Waals surface area contributed by atoms with E-state index < -0.39 is 4.92 Å². The van der Waals surface area contributed by atoms with Crippen LogP contribution in [0.5, 0.6) is 0 Å². The molecule has 0 heterocycles. The molecular formula is C18H22N4O2S. The normalized spacial score (nSPS) is 11.8. The summed E-state index contributed by atoms with van der Waals surface area (Å²) in [5, 5.41) is 17.4. The molecule has 7 heteroatoms. The molecule has 0 saturated heterocycles. The van der Waals surface area contributed by atoms with Gasteiger partial charge in [0.05, 0.1) is 4.92 Å². The first-order valence-corrected chi connectivity index (χ1v) is 8.36. The molecule has 0 spiro atoms. The smallest absolute Gasteiger partial charge is 0.269 e. The SMILES string of the molecule is CN(C)[C@H](CNC(=S)Nc1ccc([N+](=O)[O-])cc1)Cc1ccccc1. The third-order valence-electron chi connectivity index (χ3n) is 3.88. The first kappa shape index (κ1) is 18.8. The topological polar surface area (TPSA) is 70.4 Å². The number of nitrogens with zero attached hydrogens (tertiary/aromatic N) is 2. The predicted molar refractivity (Wildman–Crippen MR) is 105 cm³/mol. The Labute approximate surface area is 153 Å². The van der Waals surface area contributed by atoms with Crippen molar-refractivity contribution in [2.45, 2.75) is 12.5 Å². The summed E-state index contributed by atoms with van der Waals surface area (Å²) >= 11 is 5.32. The van der Waals surface area contributed by atoms with Gasteiger partial charge in [-0.25, -0.2) is 0 Å². The number of nitrogens with one attached hydrogen (secondary N) is 2. The summed E-state index contributed by atoms with van der Waals surface area (Å²) in [5.41, 5.74) is 2.05. The molecular weight excluding hydrogens is 336 g/mol. The molecule has 1 atom stereocenters. The van der Waals surface area contributed by atoms with E-state index in [4.69, 9.17) is 12.2 Å². The van der Waals surface area contributed by atoms with Gasteiger partial charge in [-0.05, 0) is 50.4 Å². The van der Waals surface area contributed by atoms with Crippen LogP contribution in [0.25, 0.3) is 0 Å². The Hall–Kier alpha value is -2.51. The summed E-state index contributed by atoms with van der Waals surface area (Å²) in [6.07, 6.45) is 0.918. The Bertz CT molecular complexity index is 705. The van der Waals surface area contributed by atoms with Crippen LogP contribution in [0.1, 0.15) is 5.56 Å². The van der Waals surface area contributed by atoms with Gasteiger partial charge in [0.2, 0.25) is 0 Å². The average molecular weight is 358 g/mol. The first-order valence-electron chi connectivity index (χ1n) is 7.95. The second kappa shape index (κ2) is 9.10. The number of anilines is 1. The molecule has 0 radical (unpaired) electrons. The van der Waals surface area contributed by atoms with E-state index in [9.17, 15) is 10.1 Å². The summed E-state index contributed by atoms with van der Waals surface area (Å²) in [6, 6.07) is 16.8. The molecule has 0 saturated carbocycles. The number of hydrogen-bond donors (Lipinski definition) is 2. The number of likely N-dealkylation sites (N-methyl/N-ethyl adjacent to an activating group) is 1. The van der Waals surface area contributed by atoms with Gasteiger partial charge in [0.15, 0.2) is 5.11 Å². The molecule has 0 bridgehead atoms. The van der Waals surface area contributed by atoms with Crippen LogP contribution >= 0.6 is 12.2 Å². The Morgan fingerprint density at radius 1 is 1.16 bits per heavy atom. The molecule has 0 aliphatic rings. The molecule has 0 fully saturated rings. The van der Waals surface area contributed by atoms with Crippen LogP contribution in [0.15, 0.2) is 54.6 Å². The Morgan fingerprint density at radius 3 is 2.36 bits per heavy atom. The highest BCUT2D eigenvalue weighted by atomic mass is 32.1. The summed E-state index contributed by atoms with van der Waals surface area (Å²) < 4.78 is 0. The Balaban J connectivity index is 1.87. The molecule has 2 N–H and O–H groups in total. The van der Waals surface area contributed by atoms with E-state index in [1.807, 2.05) is 32.3 Å². The number of hydrogen-bond acceptors (Lipinski definition) is 4. The molecule has 25 heavy (non-hydrogen) atoms. The quantitative estimate of drug-likeness (QED) is 0.450. The van der Waals surface area contributed by atoms with Gasteiger partial charge in [0, 0.05) is 30.4 Å². The summed E-state index contributed by atoms with van der Waals surface area (Å²) in [4.78, 5) is 12.4. The number of thiocarbonyl (C=S) groups is 1. The summed E-state index contributed by atoms with van der Waals surface area (Å²) in [6.45, 7) is 0.695. The van der Waals surface area contributed by atoms with Crippen molar-refractivity contribution in [2.75, 3.05) is 26.0 Å². The Morgan fingerprint density at radius 2 is 1.80 bits per heavy atom. The largest absolute Gasteiger partial charge is 0.361 e. The number of rotatable bonds is 7. The molecule has 0 amide bonds. The average Bonchev–Trinajstić information content (AvgIpc) is 2.59. The number of nitro benzene ring substituents is 1. The maximum absolute atomic E-state index is 10.7. The van der Waals surface area contributed by atoms with Gasteiger partial charge in [0.25, 0.3) is 5.69 Å². The van der Waals surface area contributed by atoms with Crippen LogP contribution in [0.2, 0.25) is 0 Å². The molecule has 0 aliphatic carbocycles. The molecule has 2 rings (SSSR count). The lowest BCUT2D eigenvalue weighted by atomic mass is 10.1. The van der Waals surface area contributed by atoms with Crippen LogP contribution in [0, 0.1) is 10.1 Å². The zero-order valence-corrected chi connectivity index (χ0v) is 15.1. The minimum absolute atomic E-state index is 0.0555. The first-order chi connectivity index (χ1) is 12.0. The molecule has 2 aromatic rings. The summed E-state index contributed by atoms with van der Waals surface area (Å²) in [5.74, 6) is 0. The van der Waals surface area contributed by atoms with Crippen molar-refractivity contribution in [3.63, 3.8) is 0 Å². The van der Waals surface area contributed by atoms with E-state index in [1.165, 1.54) is 17.7 Å². The van der Waals surface area contributed by atoms with E-state index in [0.717, 1.165) is 6.42 Å². The van der Waals surface area contributed by atoms with Crippen molar-refractivity contribution >= 4 is 28.7 Å². The van der Waals surface area contributed by atoms with Crippen molar-refractivity contribution in [2.24, 2.45) is 0 Å². The van der Waals surface area contributed by atoms with Crippen LogP contribution in [-0.2, 0) is 6.42 Å². The minimum atomic E-state index is -0.425. The van der Waals surface area contributed by atoms with Crippen molar-refractivity contribution in [3.05, 3.63) is 70.3 Å². The lowest BCUT2D eigenvalue weighted by molar-refractivity contribution is -0.384. The van der Waals surface area contributed by atoms with Crippen molar-refractivity contribution in [1.29, 1.82) is 0 Å². The van der Waals surface area contributed by atoms with Gasteiger partial charge in [-0.3, -0.25) is 10.1 Å². The van der Waals surface area contributed by atoms with Crippen LogP contribution in [-0.4, -0.2) is 41.6 Å². The lowest BCUT2D eigenvalue weighted by Crippen LogP contribution is -2.42. The van der Waals surface area contributed by atoms with Crippen molar-refractivity contribution in [1.82, 2.24) is 10.2 Å². The lowest BCUT2D eigenvalue weighted by Gasteiger charge is -2.25. The van der Waals surface area contributed by atoms with Gasteiger partial charge in [-0.2, -0.15) is 0 Å². The fourth-order valence-corrected chi connectivity index (χ4v) is 2.58. The van der Waals surface area contributed by atoms with E-state index in [1.54, 1.807) is 12.1 Å². The van der Waals surface area contributed by atoms with Crippen LogP contribution < -0.4 is 10.6 Å². The Kier molecular flexibility index (Phi) is 6.85. The molecule has 132 valence electrons. The second-order valence-corrected chi connectivity index (χ2v) is 6.35. The van der Waals surface area contributed by atoms with Gasteiger partial charge < -0.3 is 15.5 Å². The zero-order valence-electron chi connectivity index (χ0n) is 14.3. The molecule has 0 aromatic heterocycles. The predicted octanol–water partition coefficient (Wildman–Crippen LogP) is 3.05. The standard InChI is InChI=1S/C18H22N4O2S/c1-21(2)17(12-14-6-4-3-5-7-14)13-19-18(25)20-15-8-10-16(11-9-15)22(23)24/h3-11,17H,12-13H2,1-2H3,(H2,19,20,25)/t17-/m0/s1. The summed E-state index contributed by atoms with van der Waals surface area (Å²) in [7, 11) is 4.09. The highest BCUT2D eigenvalue weighted by Crippen LogP contribution is 2.15. The van der Waals surface area contributed by atoms with E-state index in [2.05, 4.69) is 27.7 Å². The monoisotopic (exact) mass is 358 g/mol. The fraction of sp³-hybridized carbons (Fsp3) is 0.278. The number of nitro groups is 1. The third-order valence-corrected chi connectivity index (χ3v) is 4.13. The highest BCUT2D eigenvalue weighted by molar-refractivity contribution is 7.80. The second-order valence-electron chi connectivity index (χ2n) is 5.95. The van der Waals surface area contributed by atoms with E-state index in [0.29, 0.717) is 23.4 Å². The molecule has 0 aliphatic heterocycles. The fourth-order valence-electron chi connectivity index (χ4n) is 2.38. The van der Waals surface area contributed by atoms with Gasteiger partial charge in [-0.1, -0.05) is 30.3 Å². The van der Waals surface area contributed by atoms with E-state index in [-0.39, 0.29) is 5.69 Å². The van der Waals surface area contributed by atoms with Gasteiger partial charge in [0.1, 0.15) is 0 Å². The minimum Gasteiger partial charge on any atom is -0.361 e. The maximum atomic E-state index is 10.7. The molecule has 2 aromatic carbocycles. The maximum Gasteiger partial charge on any atom is 0.269 e. The van der Waals surface area contributed by atoms with Gasteiger partial charge >= 0.3 is 0 Å². The van der Waals surface area contributed by atoms with Crippen molar-refractivity contribution in [3.8, 4) is 0 Å². The zero-order chi connectivity index (χ0) is 18.2. The van der Waals surface area contributed by atoms with Gasteiger partial charge in [-0.15, -0.1) is 0 Å². The number of benzene rings is 2. The van der Waals surface area contributed by atoms with Crippen molar-refractivity contribution < 1.29 is 4.92 Å². The van der Waals surface area contributed by atoms with Crippen LogP contribution in [0.4, 0.5) is 11.4 Å². The number of non-ortho nitro benzene ring substituents is 1. The van der Waals surface area contributed by atoms with E-state index >= 15 is 0 Å².